The Morgan fingerprint density at radius 1 is 1.39 bits per heavy atom. The molecule has 1 unspecified atom stereocenters. The van der Waals surface area contributed by atoms with Gasteiger partial charge in [0.1, 0.15) is 11.8 Å². The van der Waals surface area contributed by atoms with Crippen molar-refractivity contribution in [3.05, 3.63) is 36.5 Å². The minimum Gasteiger partial charge on any atom is -0.493 e. The summed E-state index contributed by atoms with van der Waals surface area (Å²) >= 11 is 0. The summed E-state index contributed by atoms with van der Waals surface area (Å²) in [6.07, 6.45) is 1.98. The number of hydrogen-bond donors (Lipinski definition) is 2. The first-order chi connectivity index (χ1) is 8.68. The molecule has 0 radical (unpaired) electrons. The quantitative estimate of drug-likeness (QED) is 0.833. The van der Waals surface area contributed by atoms with Crippen LogP contribution in [0.1, 0.15) is 6.42 Å². The van der Waals surface area contributed by atoms with Crippen LogP contribution in [0.5, 0.6) is 5.75 Å². The molecule has 0 aliphatic rings. The predicted molar refractivity (Wildman–Crippen MR) is 67.5 cm³/mol. The lowest BCUT2D eigenvalue weighted by Crippen LogP contribution is -2.31. The molecule has 3 N–H and O–H groups in total. The lowest BCUT2D eigenvalue weighted by Gasteiger charge is -2.10. The molecule has 0 bridgehead atoms. The number of ether oxygens (including phenoxy) is 1. The van der Waals surface area contributed by atoms with Gasteiger partial charge in [-0.3, -0.25) is 9.78 Å². The highest BCUT2D eigenvalue weighted by atomic mass is 16.5. The minimum absolute atomic E-state index is 0.265. The summed E-state index contributed by atoms with van der Waals surface area (Å²) in [6, 6.07) is 8.43. The van der Waals surface area contributed by atoms with Crippen molar-refractivity contribution in [1.82, 2.24) is 4.98 Å². The van der Waals surface area contributed by atoms with Gasteiger partial charge in [-0.15, -0.1) is 0 Å². The van der Waals surface area contributed by atoms with Gasteiger partial charge in [0.15, 0.2) is 0 Å². The maximum absolute atomic E-state index is 10.6. The summed E-state index contributed by atoms with van der Waals surface area (Å²) in [5.74, 6) is -0.323. The van der Waals surface area contributed by atoms with E-state index in [1.807, 2.05) is 30.3 Å². The lowest BCUT2D eigenvalue weighted by molar-refractivity contribution is -0.138. The molecule has 0 saturated carbocycles. The van der Waals surface area contributed by atoms with E-state index in [4.69, 9.17) is 15.6 Å². The van der Waals surface area contributed by atoms with Crippen molar-refractivity contribution in [3.63, 3.8) is 0 Å². The van der Waals surface area contributed by atoms with Crippen molar-refractivity contribution in [2.45, 2.75) is 12.5 Å². The van der Waals surface area contributed by atoms with Crippen LogP contribution in [0, 0.1) is 0 Å². The Morgan fingerprint density at radius 2 is 2.22 bits per heavy atom. The molecule has 5 nitrogen and oxygen atoms in total. The van der Waals surface area contributed by atoms with E-state index >= 15 is 0 Å². The van der Waals surface area contributed by atoms with Crippen LogP contribution in [0.15, 0.2) is 36.5 Å². The second-order valence-electron chi connectivity index (χ2n) is 3.91. The van der Waals surface area contributed by atoms with Gasteiger partial charge in [0.05, 0.1) is 12.1 Å². The number of benzene rings is 1. The molecule has 1 heterocycles. The Morgan fingerprint density at radius 3 is 3.00 bits per heavy atom. The summed E-state index contributed by atoms with van der Waals surface area (Å²) in [6.45, 7) is 0.265. The zero-order chi connectivity index (χ0) is 13.0. The largest absolute Gasteiger partial charge is 0.493 e. The number of aromatic nitrogens is 1. The molecule has 0 aliphatic carbocycles. The van der Waals surface area contributed by atoms with Crippen molar-refractivity contribution in [1.29, 1.82) is 0 Å². The molecule has 0 aliphatic heterocycles. The number of aliphatic carboxylic acids is 1. The Bertz CT molecular complexity index is 551. The van der Waals surface area contributed by atoms with Gasteiger partial charge in [-0.25, -0.2) is 0 Å². The zero-order valence-electron chi connectivity index (χ0n) is 9.74. The van der Waals surface area contributed by atoms with Gasteiger partial charge in [0.2, 0.25) is 0 Å². The standard InChI is InChI=1S/C13H14N2O3/c14-10(13(16)17)6-8-18-12-5-1-4-11-9(12)3-2-7-15-11/h1-5,7,10H,6,8,14H2,(H,16,17). The molecule has 1 aromatic heterocycles. The predicted octanol–water partition coefficient (Wildman–Crippen LogP) is 1.42. The molecule has 18 heavy (non-hydrogen) atoms. The first kappa shape index (κ1) is 12.3. The molecule has 1 atom stereocenters. The number of rotatable bonds is 5. The number of carbonyl (C=O) groups is 1. The van der Waals surface area contributed by atoms with Crippen LogP contribution in [-0.2, 0) is 4.79 Å². The summed E-state index contributed by atoms with van der Waals surface area (Å²) < 4.78 is 5.56. The molecule has 2 rings (SSSR count). The van der Waals surface area contributed by atoms with Crippen LogP contribution < -0.4 is 10.5 Å². The Balaban J connectivity index is 2.06. The van der Waals surface area contributed by atoms with E-state index < -0.39 is 12.0 Å². The SMILES string of the molecule is NC(CCOc1cccc2ncccc12)C(=O)O. The molecule has 0 spiro atoms. The van der Waals surface area contributed by atoms with Crippen LogP contribution in [0.25, 0.3) is 10.9 Å². The Labute approximate surface area is 104 Å². The number of nitrogens with two attached hydrogens (primary N) is 1. The fourth-order valence-electron chi connectivity index (χ4n) is 1.62. The summed E-state index contributed by atoms with van der Waals surface area (Å²) in [4.78, 5) is 14.8. The molecular formula is C13H14N2O3. The number of hydrogen-bond acceptors (Lipinski definition) is 4. The van der Waals surface area contributed by atoms with Crippen molar-refractivity contribution >= 4 is 16.9 Å². The number of carboxylic acid groups (broad SMARTS) is 1. The van der Waals surface area contributed by atoms with Gasteiger partial charge >= 0.3 is 5.97 Å². The fraction of sp³-hybridized carbons (Fsp3) is 0.231. The van der Waals surface area contributed by atoms with Crippen LogP contribution in [-0.4, -0.2) is 28.7 Å². The summed E-state index contributed by atoms with van der Waals surface area (Å²) in [5.41, 5.74) is 6.25. The van der Waals surface area contributed by atoms with E-state index in [2.05, 4.69) is 4.98 Å². The van der Waals surface area contributed by atoms with E-state index in [-0.39, 0.29) is 13.0 Å². The van der Waals surface area contributed by atoms with Crippen molar-refractivity contribution in [2.75, 3.05) is 6.61 Å². The number of pyridine rings is 1. The minimum atomic E-state index is -1.02. The Kier molecular flexibility index (Phi) is 3.74. The van der Waals surface area contributed by atoms with Crippen LogP contribution >= 0.6 is 0 Å². The first-order valence-electron chi connectivity index (χ1n) is 5.63. The highest BCUT2D eigenvalue weighted by molar-refractivity contribution is 5.84. The van der Waals surface area contributed by atoms with Crippen LogP contribution in [0.4, 0.5) is 0 Å². The third kappa shape index (κ3) is 2.75. The monoisotopic (exact) mass is 246 g/mol. The van der Waals surface area contributed by atoms with E-state index in [0.717, 1.165) is 10.9 Å². The van der Waals surface area contributed by atoms with Gasteiger partial charge in [0.25, 0.3) is 0 Å². The highest BCUT2D eigenvalue weighted by Gasteiger charge is 2.11. The second kappa shape index (κ2) is 5.46. The first-order valence-corrected chi connectivity index (χ1v) is 5.63. The maximum Gasteiger partial charge on any atom is 0.320 e. The molecule has 94 valence electrons. The molecule has 0 saturated heterocycles. The van der Waals surface area contributed by atoms with Gasteiger partial charge < -0.3 is 15.6 Å². The fourth-order valence-corrected chi connectivity index (χ4v) is 1.62. The van der Waals surface area contributed by atoms with Gasteiger partial charge in [-0.05, 0) is 24.3 Å². The van der Waals surface area contributed by atoms with Gasteiger partial charge in [-0.1, -0.05) is 6.07 Å². The van der Waals surface area contributed by atoms with E-state index in [1.54, 1.807) is 6.20 Å². The van der Waals surface area contributed by atoms with Gasteiger partial charge in [-0.2, -0.15) is 0 Å². The molecule has 2 aromatic rings. The highest BCUT2D eigenvalue weighted by Crippen LogP contribution is 2.23. The third-order valence-electron chi connectivity index (χ3n) is 2.61. The molecule has 5 heteroatoms. The third-order valence-corrected chi connectivity index (χ3v) is 2.61. The average molecular weight is 246 g/mol. The summed E-state index contributed by atoms with van der Waals surface area (Å²) in [5, 5.41) is 9.57. The topological polar surface area (TPSA) is 85.4 Å². The van der Waals surface area contributed by atoms with Crippen LogP contribution in [0.3, 0.4) is 0 Å². The lowest BCUT2D eigenvalue weighted by atomic mass is 10.2. The molecule has 0 fully saturated rings. The second-order valence-corrected chi connectivity index (χ2v) is 3.91. The number of carboxylic acids is 1. The van der Waals surface area contributed by atoms with Crippen molar-refractivity contribution in [2.24, 2.45) is 5.73 Å². The smallest absolute Gasteiger partial charge is 0.320 e. The summed E-state index contributed by atoms with van der Waals surface area (Å²) in [7, 11) is 0. The van der Waals surface area contributed by atoms with Crippen molar-refractivity contribution < 1.29 is 14.6 Å². The molecule has 1 aromatic carbocycles. The van der Waals surface area contributed by atoms with E-state index in [9.17, 15) is 4.79 Å². The van der Waals surface area contributed by atoms with Crippen LogP contribution in [0.2, 0.25) is 0 Å². The maximum atomic E-state index is 10.6. The average Bonchev–Trinajstić information content (AvgIpc) is 2.38. The molecular weight excluding hydrogens is 232 g/mol. The molecule has 0 amide bonds. The zero-order valence-corrected chi connectivity index (χ0v) is 9.74. The Hall–Kier alpha value is -2.14. The van der Waals surface area contributed by atoms with Crippen molar-refractivity contribution in [3.8, 4) is 5.75 Å². The number of nitrogens with zero attached hydrogens (tertiary/aromatic N) is 1. The number of fused-ring (bicyclic) bond motifs is 1. The van der Waals surface area contributed by atoms with E-state index in [1.165, 1.54) is 0 Å². The van der Waals surface area contributed by atoms with E-state index in [0.29, 0.717) is 5.75 Å². The normalized spacial score (nSPS) is 12.3. The van der Waals surface area contributed by atoms with Gasteiger partial charge in [0, 0.05) is 18.0 Å².